The van der Waals surface area contributed by atoms with Crippen molar-refractivity contribution in [3.05, 3.63) is 35.1 Å². The molecule has 0 atom stereocenters. The van der Waals surface area contributed by atoms with Crippen molar-refractivity contribution >= 4 is 0 Å². The van der Waals surface area contributed by atoms with Crippen LogP contribution in [0.15, 0.2) is 18.2 Å². The average Bonchev–Trinajstić information content (AvgIpc) is 2.43. The molecule has 0 unspecified atom stereocenters. The molecule has 3 heteroatoms. The van der Waals surface area contributed by atoms with Gasteiger partial charge in [-0.3, -0.25) is 4.90 Å². The zero-order valence-electron chi connectivity index (χ0n) is 13.0. The van der Waals surface area contributed by atoms with Crippen LogP contribution in [0, 0.1) is 11.7 Å². The van der Waals surface area contributed by atoms with Gasteiger partial charge in [0.2, 0.25) is 0 Å². The maximum absolute atomic E-state index is 14.0. The molecule has 0 amide bonds. The van der Waals surface area contributed by atoms with E-state index in [1.807, 2.05) is 19.2 Å². The van der Waals surface area contributed by atoms with Crippen LogP contribution in [0.2, 0.25) is 0 Å². The highest BCUT2D eigenvalue weighted by molar-refractivity contribution is 5.25. The summed E-state index contributed by atoms with van der Waals surface area (Å²) in [5.74, 6) is 0.774. The number of hydrogen-bond donors (Lipinski definition) is 1. The fourth-order valence-electron chi connectivity index (χ4n) is 3.14. The van der Waals surface area contributed by atoms with Crippen molar-refractivity contribution in [1.29, 1.82) is 0 Å². The van der Waals surface area contributed by atoms with Gasteiger partial charge in [0.1, 0.15) is 5.82 Å². The maximum Gasteiger partial charge on any atom is 0.127 e. The Morgan fingerprint density at radius 3 is 2.60 bits per heavy atom. The summed E-state index contributed by atoms with van der Waals surface area (Å²) in [7, 11) is 4.04. The van der Waals surface area contributed by atoms with Crippen LogP contribution < -0.4 is 5.32 Å². The van der Waals surface area contributed by atoms with E-state index < -0.39 is 0 Å². The SMILES string of the molecule is CNCc1ccc(F)c(CN(C)C2CCC(C)CC2)c1. The third-order valence-corrected chi connectivity index (χ3v) is 4.52. The molecule has 1 aromatic rings. The van der Waals surface area contributed by atoms with Gasteiger partial charge in [-0.25, -0.2) is 4.39 Å². The predicted molar refractivity (Wildman–Crippen MR) is 82.1 cm³/mol. The number of rotatable bonds is 5. The first kappa shape index (κ1) is 15.5. The minimum atomic E-state index is -0.0825. The summed E-state index contributed by atoms with van der Waals surface area (Å²) in [5, 5.41) is 3.12. The Morgan fingerprint density at radius 2 is 1.95 bits per heavy atom. The van der Waals surface area contributed by atoms with Gasteiger partial charge in [-0.1, -0.05) is 19.1 Å². The summed E-state index contributed by atoms with van der Waals surface area (Å²) >= 11 is 0. The minimum absolute atomic E-state index is 0.0825. The quantitative estimate of drug-likeness (QED) is 0.886. The van der Waals surface area contributed by atoms with Gasteiger partial charge < -0.3 is 5.32 Å². The summed E-state index contributed by atoms with van der Waals surface area (Å²) in [5.41, 5.74) is 1.97. The van der Waals surface area contributed by atoms with Crippen molar-refractivity contribution in [3.63, 3.8) is 0 Å². The molecule has 1 aliphatic carbocycles. The minimum Gasteiger partial charge on any atom is -0.316 e. The molecule has 1 fully saturated rings. The van der Waals surface area contributed by atoms with E-state index >= 15 is 0 Å². The van der Waals surface area contributed by atoms with E-state index in [0.29, 0.717) is 12.6 Å². The first-order chi connectivity index (χ1) is 9.60. The van der Waals surface area contributed by atoms with Gasteiger partial charge in [0.05, 0.1) is 0 Å². The molecule has 1 aliphatic rings. The summed E-state index contributed by atoms with van der Waals surface area (Å²) in [6.07, 6.45) is 5.10. The Bertz CT molecular complexity index is 425. The van der Waals surface area contributed by atoms with Crippen LogP contribution in [0.25, 0.3) is 0 Å². The molecular formula is C17H27FN2. The molecule has 1 aromatic carbocycles. The van der Waals surface area contributed by atoms with Crippen molar-refractivity contribution in [3.8, 4) is 0 Å². The third kappa shape index (κ3) is 4.03. The van der Waals surface area contributed by atoms with E-state index in [1.165, 1.54) is 25.7 Å². The molecule has 0 bridgehead atoms. The van der Waals surface area contributed by atoms with Gasteiger partial charge in [-0.2, -0.15) is 0 Å². The van der Waals surface area contributed by atoms with Gasteiger partial charge in [0.25, 0.3) is 0 Å². The van der Waals surface area contributed by atoms with E-state index in [1.54, 1.807) is 6.07 Å². The standard InChI is InChI=1S/C17H27FN2/c1-13-4-7-16(8-5-13)20(3)12-15-10-14(11-19-2)6-9-17(15)18/h6,9-10,13,16,19H,4-5,7-8,11-12H2,1-3H3. The number of benzene rings is 1. The van der Waals surface area contributed by atoms with Crippen LogP contribution in [0.1, 0.15) is 43.7 Å². The highest BCUT2D eigenvalue weighted by Gasteiger charge is 2.22. The highest BCUT2D eigenvalue weighted by atomic mass is 19.1. The third-order valence-electron chi connectivity index (χ3n) is 4.52. The molecule has 0 spiro atoms. The predicted octanol–water partition coefficient (Wildman–Crippen LogP) is 3.56. The number of hydrogen-bond acceptors (Lipinski definition) is 2. The summed E-state index contributed by atoms with van der Waals surface area (Å²) < 4.78 is 14.0. The Morgan fingerprint density at radius 1 is 1.25 bits per heavy atom. The fraction of sp³-hybridized carbons (Fsp3) is 0.647. The molecule has 1 saturated carbocycles. The maximum atomic E-state index is 14.0. The second kappa shape index (κ2) is 7.19. The van der Waals surface area contributed by atoms with Gasteiger partial charge in [-0.05, 0) is 57.3 Å². The number of halogens is 1. The first-order valence-electron chi connectivity index (χ1n) is 7.72. The van der Waals surface area contributed by atoms with Crippen molar-refractivity contribution in [2.24, 2.45) is 5.92 Å². The molecule has 1 N–H and O–H groups in total. The normalized spacial score (nSPS) is 23.2. The van der Waals surface area contributed by atoms with E-state index in [-0.39, 0.29) is 5.82 Å². The van der Waals surface area contributed by atoms with Gasteiger partial charge >= 0.3 is 0 Å². The first-order valence-corrected chi connectivity index (χ1v) is 7.72. The molecule has 0 radical (unpaired) electrons. The van der Waals surface area contributed by atoms with Crippen LogP contribution in [-0.2, 0) is 13.1 Å². The van der Waals surface area contributed by atoms with E-state index in [0.717, 1.165) is 23.6 Å². The summed E-state index contributed by atoms with van der Waals surface area (Å²) in [4.78, 5) is 2.33. The lowest BCUT2D eigenvalue weighted by Crippen LogP contribution is -2.34. The van der Waals surface area contributed by atoms with Crippen LogP contribution in [0.5, 0.6) is 0 Å². The molecule has 0 saturated heterocycles. The Hall–Kier alpha value is -0.930. The highest BCUT2D eigenvalue weighted by Crippen LogP contribution is 2.27. The molecule has 0 aliphatic heterocycles. The second-order valence-corrected chi connectivity index (χ2v) is 6.28. The van der Waals surface area contributed by atoms with Crippen LogP contribution >= 0.6 is 0 Å². The fourth-order valence-corrected chi connectivity index (χ4v) is 3.14. The molecular weight excluding hydrogens is 251 g/mol. The van der Waals surface area contributed by atoms with Gasteiger partial charge in [-0.15, -0.1) is 0 Å². The van der Waals surface area contributed by atoms with Crippen molar-refractivity contribution < 1.29 is 4.39 Å². The second-order valence-electron chi connectivity index (χ2n) is 6.28. The van der Waals surface area contributed by atoms with Crippen molar-refractivity contribution in [2.75, 3.05) is 14.1 Å². The molecule has 20 heavy (non-hydrogen) atoms. The zero-order chi connectivity index (χ0) is 14.5. The lowest BCUT2D eigenvalue weighted by Gasteiger charge is -2.33. The molecule has 2 rings (SSSR count). The van der Waals surface area contributed by atoms with Gasteiger partial charge in [0.15, 0.2) is 0 Å². The summed E-state index contributed by atoms with van der Waals surface area (Å²) in [6.45, 7) is 3.83. The topological polar surface area (TPSA) is 15.3 Å². The van der Waals surface area contributed by atoms with Crippen molar-refractivity contribution in [2.45, 2.75) is 51.7 Å². The number of nitrogens with zero attached hydrogens (tertiary/aromatic N) is 1. The Labute approximate surface area is 122 Å². The smallest absolute Gasteiger partial charge is 0.127 e. The van der Waals surface area contributed by atoms with Gasteiger partial charge in [0, 0.05) is 24.7 Å². The van der Waals surface area contributed by atoms with Crippen LogP contribution in [-0.4, -0.2) is 25.0 Å². The van der Waals surface area contributed by atoms with E-state index in [4.69, 9.17) is 0 Å². The zero-order valence-corrected chi connectivity index (χ0v) is 13.0. The number of nitrogens with one attached hydrogen (secondary N) is 1. The monoisotopic (exact) mass is 278 g/mol. The average molecular weight is 278 g/mol. The lowest BCUT2D eigenvalue weighted by molar-refractivity contribution is 0.162. The molecule has 0 heterocycles. The van der Waals surface area contributed by atoms with E-state index in [9.17, 15) is 4.39 Å². The van der Waals surface area contributed by atoms with Crippen molar-refractivity contribution in [1.82, 2.24) is 10.2 Å². The molecule has 112 valence electrons. The Kier molecular flexibility index (Phi) is 5.55. The van der Waals surface area contributed by atoms with Crippen LogP contribution in [0.4, 0.5) is 4.39 Å². The largest absolute Gasteiger partial charge is 0.316 e. The van der Waals surface area contributed by atoms with E-state index in [2.05, 4.69) is 24.2 Å². The van der Waals surface area contributed by atoms with Crippen LogP contribution in [0.3, 0.4) is 0 Å². The molecule has 2 nitrogen and oxygen atoms in total. The molecule has 0 aromatic heterocycles. The summed E-state index contributed by atoms with van der Waals surface area (Å²) in [6, 6.07) is 6.06. The lowest BCUT2D eigenvalue weighted by atomic mass is 9.86. The Balaban J connectivity index is 1.99.